The molecular weight excluding hydrogens is 394 g/mol. The SMILES string of the molecule is CCOc1ccc(S(=O)(=O)N/N=C\c2ccc(OC(F)F)c(OCC)c2)cc1. The lowest BCUT2D eigenvalue weighted by atomic mass is 10.2. The largest absolute Gasteiger partial charge is 0.494 e. The molecule has 0 aromatic heterocycles. The highest BCUT2D eigenvalue weighted by Gasteiger charge is 2.13. The minimum Gasteiger partial charge on any atom is -0.494 e. The maximum atomic E-state index is 12.4. The molecule has 0 aliphatic carbocycles. The lowest BCUT2D eigenvalue weighted by molar-refractivity contribution is -0.0514. The number of nitrogens with one attached hydrogen (secondary N) is 1. The van der Waals surface area contributed by atoms with E-state index in [1.54, 1.807) is 6.92 Å². The summed E-state index contributed by atoms with van der Waals surface area (Å²) in [7, 11) is -3.87. The third kappa shape index (κ3) is 6.08. The van der Waals surface area contributed by atoms with Crippen molar-refractivity contribution in [3.63, 3.8) is 0 Å². The maximum Gasteiger partial charge on any atom is 0.387 e. The third-order valence-corrected chi connectivity index (χ3v) is 4.55. The highest BCUT2D eigenvalue weighted by atomic mass is 32.2. The fourth-order valence-corrected chi connectivity index (χ4v) is 2.96. The average molecular weight is 414 g/mol. The first-order valence-corrected chi connectivity index (χ1v) is 9.83. The van der Waals surface area contributed by atoms with Crippen LogP contribution in [0.2, 0.25) is 0 Å². The summed E-state index contributed by atoms with van der Waals surface area (Å²) in [6, 6.07) is 10.0. The van der Waals surface area contributed by atoms with Gasteiger partial charge in [0.15, 0.2) is 11.5 Å². The van der Waals surface area contributed by atoms with Crippen LogP contribution in [0.4, 0.5) is 8.78 Å². The summed E-state index contributed by atoms with van der Waals surface area (Å²) < 4.78 is 64.2. The fourth-order valence-electron chi connectivity index (χ4n) is 2.17. The van der Waals surface area contributed by atoms with Crippen molar-refractivity contribution in [3.8, 4) is 17.2 Å². The number of hydrogen-bond donors (Lipinski definition) is 1. The molecule has 152 valence electrons. The molecule has 2 aromatic carbocycles. The van der Waals surface area contributed by atoms with E-state index in [4.69, 9.17) is 9.47 Å². The summed E-state index contributed by atoms with van der Waals surface area (Å²) in [6.07, 6.45) is 1.22. The van der Waals surface area contributed by atoms with Crippen molar-refractivity contribution in [3.05, 3.63) is 48.0 Å². The van der Waals surface area contributed by atoms with Gasteiger partial charge in [-0.15, -0.1) is 0 Å². The molecule has 0 amide bonds. The normalized spacial score (nSPS) is 11.6. The van der Waals surface area contributed by atoms with E-state index >= 15 is 0 Å². The molecule has 28 heavy (non-hydrogen) atoms. The lowest BCUT2D eigenvalue weighted by Gasteiger charge is -2.11. The smallest absolute Gasteiger partial charge is 0.387 e. The van der Waals surface area contributed by atoms with Crippen LogP contribution >= 0.6 is 0 Å². The molecule has 0 fully saturated rings. The molecule has 0 spiro atoms. The first kappa shape index (κ1) is 21.4. The Hall–Kier alpha value is -2.88. The van der Waals surface area contributed by atoms with Crippen LogP contribution in [-0.4, -0.2) is 34.5 Å². The van der Waals surface area contributed by atoms with Crippen molar-refractivity contribution in [2.24, 2.45) is 5.10 Å². The van der Waals surface area contributed by atoms with Gasteiger partial charge >= 0.3 is 6.61 Å². The fraction of sp³-hybridized carbons (Fsp3) is 0.278. The number of benzene rings is 2. The number of halogens is 2. The zero-order valence-electron chi connectivity index (χ0n) is 15.3. The standard InChI is InChI=1S/C18H20F2N2O5S/c1-3-25-14-6-8-15(9-7-14)28(23,24)22-21-12-13-5-10-16(27-18(19)20)17(11-13)26-4-2/h5-12,18,22H,3-4H2,1-2H3/b21-12-. The Morgan fingerprint density at radius 1 is 1.04 bits per heavy atom. The lowest BCUT2D eigenvalue weighted by Crippen LogP contribution is -2.18. The second-order valence-electron chi connectivity index (χ2n) is 5.28. The molecule has 2 aromatic rings. The minimum absolute atomic E-state index is 0.0174. The summed E-state index contributed by atoms with van der Waals surface area (Å²) in [5, 5.41) is 3.70. The summed E-state index contributed by atoms with van der Waals surface area (Å²) in [4.78, 5) is 2.10. The molecule has 1 N–H and O–H groups in total. The number of ether oxygens (including phenoxy) is 3. The Bertz CT molecular complexity index is 903. The molecule has 0 heterocycles. The van der Waals surface area contributed by atoms with Crippen molar-refractivity contribution >= 4 is 16.2 Å². The van der Waals surface area contributed by atoms with Gasteiger partial charge in [-0.2, -0.15) is 22.3 Å². The Morgan fingerprint density at radius 2 is 1.71 bits per heavy atom. The van der Waals surface area contributed by atoms with E-state index in [2.05, 4.69) is 14.7 Å². The van der Waals surface area contributed by atoms with Crippen LogP contribution in [0.15, 0.2) is 52.5 Å². The van der Waals surface area contributed by atoms with Gasteiger partial charge in [-0.3, -0.25) is 0 Å². The maximum absolute atomic E-state index is 12.4. The van der Waals surface area contributed by atoms with E-state index in [1.165, 1.54) is 48.7 Å². The summed E-state index contributed by atoms with van der Waals surface area (Å²) in [6.45, 7) is 1.24. The molecule has 10 heteroatoms. The van der Waals surface area contributed by atoms with E-state index in [-0.39, 0.29) is 23.0 Å². The van der Waals surface area contributed by atoms with Gasteiger partial charge < -0.3 is 14.2 Å². The van der Waals surface area contributed by atoms with E-state index < -0.39 is 16.6 Å². The Labute approximate surface area is 162 Å². The number of rotatable bonds is 10. The van der Waals surface area contributed by atoms with Crippen molar-refractivity contribution < 1.29 is 31.4 Å². The van der Waals surface area contributed by atoms with Crippen LogP contribution in [0.1, 0.15) is 19.4 Å². The second kappa shape index (κ2) is 9.88. The average Bonchev–Trinajstić information content (AvgIpc) is 2.64. The first-order chi connectivity index (χ1) is 13.4. The summed E-state index contributed by atoms with van der Waals surface area (Å²) in [5.41, 5.74) is 0.430. The molecular formula is C18H20F2N2O5S. The van der Waals surface area contributed by atoms with Crippen LogP contribution in [-0.2, 0) is 10.0 Å². The van der Waals surface area contributed by atoms with Gasteiger partial charge in [0.2, 0.25) is 0 Å². The molecule has 7 nitrogen and oxygen atoms in total. The molecule has 0 saturated heterocycles. The summed E-state index contributed by atoms with van der Waals surface area (Å²) in [5.74, 6) is 0.532. The predicted molar refractivity (Wildman–Crippen MR) is 99.8 cm³/mol. The minimum atomic E-state index is -3.87. The van der Waals surface area contributed by atoms with Gasteiger partial charge in [-0.05, 0) is 61.9 Å². The Morgan fingerprint density at radius 3 is 2.32 bits per heavy atom. The zero-order chi connectivity index (χ0) is 20.6. The number of hydrogen-bond acceptors (Lipinski definition) is 6. The molecule has 0 aliphatic heterocycles. The molecule has 0 atom stereocenters. The van der Waals surface area contributed by atoms with E-state index in [9.17, 15) is 17.2 Å². The van der Waals surface area contributed by atoms with Gasteiger partial charge in [-0.1, -0.05) is 0 Å². The molecule has 0 saturated carbocycles. The van der Waals surface area contributed by atoms with Crippen LogP contribution in [0.3, 0.4) is 0 Å². The van der Waals surface area contributed by atoms with Gasteiger partial charge in [0.1, 0.15) is 5.75 Å². The number of sulfonamides is 1. The predicted octanol–water partition coefficient (Wildman–Crippen LogP) is 3.40. The van der Waals surface area contributed by atoms with Crippen LogP contribution in [0, 0.1) is 0 Å². The van der Waals surface area contributed by atoms with Gasteiger partial charge in [0.05, 0.1) is 24.3 Å². The summed E-state index contributed by atoms with van der Waals surface area (Å²) >= 11 is 0. The Kier molecular flexibility index (Phi) is 7.56. The highest BCUT2D eigenvalue weighted by molar-refractivity contribution is 7.89. The van der Waals surface area contributed by atoms with Gasteiger partial charge in [-0.25, -0.2) is 4.83 Å². The molecule has 0 unspecified atom stereocenters. The monoisotopic (exact) mass is 414 g/mol. The van der Waals surface area contributed by atoms with Crippen LogP contribution in [0.5, 0.6) is 17.2 Å². The van der Waals surface area contributed by atoms with Crippen LogP contribution in [0.25, 0.3) is 0 Å². The zero-order valence-corrected chi connectivity index (χ0v) is 16.1. The van der Waals surface area contributed by atoms with E-state index in [0.717, 1.165) is 0 Å². The number of alkyl halides is 2. The van der Waals surface area contributed by atoms with Crippen molar-refractivity contribution in [2.75, 3.05) is 13.2 Å². The van der Waals surface area contributed by atoms with Gasteiger partial charge in [0, 0.05) is 0 Å². The first-order valence-electron chi connectivity index (χ1n) is 8.35. The number of nitrogens with zero attached hydrogens (tertiary/aromatic N) is 1. The van der Waals surface area contributed by atoms with E-state index in [1.807, 2.05) is 6.92 Å². The van der Waals surface area contributed by atoms with Gasteiger partial charge in [0.25, 0.3) is 10.0 Å². The highest BCUT2D eigenvalue weighted by Crippen LogP contribution is 2.29. The molecule has 0 bridgehead atoms. The molecule has 0 aliphatic rings. The van der Waals surface area contributed by atoms with E-state index in [0.29, 0.717) is 17.9 Å². The quantitative estimate of drug-likeness (QED) is 0.476. The van der Waals surface area contributed by atoms with Crippen LogP contribution < -0.4 is 19.0 Å². The van der Waals surface area contributed by atoms with Crippen molar-refractivity contribution in [1.29, 1.82) is 0 Å². The molecule has 0 radical (unpaired) electrons. The van der Waals surface area contributed by atoms with Crippen molar-refractivity contribution in [1.82, 2.24) is 4.83 Å². The Balaban J connectivity index is 2.11. The third-order valence-electron chi connectivity index (χ3n) is 3.32. The van der Waals surface area contributed by atoms with Crippen molar-refractivity contribution in [2.45, 2.75) is 25.4 Å². The number of hydrazone groups is 1. The molecule has 2 rings (SSSR count). The second-order valence-corrected chi connectivity index (χ2v) is 6.94. The topological polar surface area (TPSA) is 86.2 Å².